The molecule has 1 N–H and O–H groups in total. The first-order valence-corrected chi connectivity index (χ1v) is 5.08. The van der Waals surface area contributed by atoms with Crippen molar-refractivity contribution in [2.45, 2.75) is 13.3 Å². The molecule has 0 fully saturated rings. The Labute approximate surface area is 99.2 Å². The minimum Gasteiger partial charge on any atom is -0.506 e. The highest BCUT2D eigenvalue weighted by Gasteiger charge is 2.14. The maximum atomic E-state index is 11.3. The van der Waals surface area contributed by atoms with Crippen LogP contribution in [0.5, 0.6) is 11.5 Å². The van der Waals surface area contributed by atoms with Gasteiger partial charge in [-0.3, -0.25) is 4.79 Å². The van der Waals surface area contributed by atoms with Gasteiger partial charge in [-0.25, -0.2) is 0 Å². The van der Waals surface area contributed by atoms with E-state index in [9.17, 15) is 9.90 Å². The van der Waals surface area contributed by atoms with Crippen molar-refractivity contribution in [3.63, 3.8) is 0 Å². The van der Waals surface area contributed by atoms with E-state index in [-0.39, 0.29) is 24.3 Å². The largest absolute Gasteiger partial charge is 0.506 e. The van der Waals surface area contributed by atoms with E-state index in [1.165, 1.54) is 19.2 Å². The molecule has 5 heteroatoms. The summed E-state index contributed by atoms with van der Waals surface area (Å²) in [7, 11) is 1.44. The Morgan fingerprint density at radius 2 is 2.24 bits per heavy atom. The first-order chi connectivity index (χ1) is 8.12. The predicted octanol–water partition coefficient (Wildman–Crippen LogP) is 1.38. The zero-order valence-corrected chi connectivity index (χ0v) is 9.69. The van der Waals surface area contributed by atoms with Crippen LogP contribution in [0.1, 0.15) is 18.1 Å². The monoisotopic (exact) mass is 235 g/mol. The van der Waals surface area contributed by atoms with Crippen molar-refractivity contribution in [2.75, 3.05) is 13.7 Å². The second-order valence-corrected chi connectivity index (χ2v) is 3.27. The zero-order valence-electron chi connectivity index (χ0n) is 9.69. The third-order valence-electron chi connectivity index (χ3n) is 2.16. The van der Waals surface area contributed by atoms with E-state index in [1.54, 1.807) is 6.92 Å². The summed E-state index contributed by atoms with van der Waals surface area (Å²) in [6, 6.07) is 4.71. The summed E-state index contributed by atoms with van der Waals surface area (Å²) in [6.07, 6.45) is -0.0680. The number of ether oxygens (including phenoxy) is 2. The van der Waals surface area contributed by atoms with Crippen LogP contribution in [0.25, 0.3) is 0 Å². The number of hydrogen-bond donors (Lipinski definition) is 1. The van der Waals surface area contributed by atoms with Crippen molar-refractivity contribution >= 4 is 5.97 Å². The van der Waals surface area contributed by atoms with Crippen LogP contribution in [0.4, 0.5) is 0 Å². The Morgan fingerprint density at radius 1 is 1.53 bits per heavy atom. The molecule has 1 rings (SSSR count). The molecule has 0 saturated carbocycles. The van der Waals surface area contributed by atoms with E-state index in [4.69, 9.17) is 14.7 Å². The minimum absolute atomic E-state index is 0.0680. The van der Waals surface area contributed by atoms with Crippen LogP contribution in [0, 0.1) is 11.3 Å². The van der Waals surface area contributed by atoms with E-state index in [2.05, 4.69) is 0 Å². The molecule has 0 atom stereocenters. The highest BCUT2D eigenvalue weighted by Crippen LogP contribution is 2.27. The van der Waals surface area contributed by atoms with Gasteiger partial charge >= 0.3 is 5.97 Å². The summed E-state index contributed by atoms with van der Waals surface area (Å²) in [4.78, 5) is 11.3. The molecule has 0 aliphatic carbocycles. The molecule has 0 bridgehead atoms. The van der Waals surface area contributed by atoms with E-state index >= 15 is 0 Å². The number of phenols is 1. The van der Waals surface area contributed by atoms with Gasteiger partial charge < -0.3 is 14.6 Å². The number of nitriles is 1. The highest BCUT2D eigenvalue weighted by atomic mass is 16.5. The molecule has 0 aliphatic heterocycles. The Balaban J connectivity index is 3.08. The molecule has 0 aliphatic rings. The standard InChI is InChI=1S/C12H13NO4/c1-3-17-12(15)5-8-4-9(16-2)6-11(14)10(8)7-13/h4,6,14H,3,5H2,1-2H3. The number of carbonyl (C=O) groups is 1. The van der Waals surface area contributed by atoms with E-state index in [0.29, 0.717) is 11.3 Å². The van der Waals surface area contributed by atoms with Gasteiger partial charge in [0.2, 0.25) is 0 Å². The van der Waals surface area contributed by atoms with Gasteiger partial charge in [0.15, 0.2) is 0 Å². The number of carbonyl (C=O) groups excluding carboxylic acids is 1. The van der Waals surface area contributed by atoms with Gasteiger partial charge in [-0.1, -0.05) is 0 Å². The fourth-order valence-electron chi connectivity index (χ4n) is 1.41. The lowest BCUT2D eigenvalue weighted by atomic mass is 10.0. The number of nitrogens with zero attached hydrogens (tertiary/aromatic N) is 1. The number of benzene rings is 1. The fraction of sp³-hybridized carbons (Fsp3) is 0.333. The highest BCUT2D eigenvalue weighted by molar-refractivity contribution is 5.74. The van der Waals surface area contributed by atoms with Crippen molar-refractivity contribution in [3.05, 3.63) is 23.3 Å². The molecule has 0 unspecified atom stereocenters. The van der Waals surface area contributed by atoms with Crippen LogP contribution in [0.2, 0.25) is 0 Å². The van der Waals surface area contributed by atoms with E-state index in [1.807, 2.05) is 6.07 Å². The second-order valence-electron chi connectivity index (χ2n) is 3.27. The molecule has 0 amide bonds. The van der Waals surface area contributed by atoms with Crippen LogP contribution >= 0.6 is 0 Å². The number of aromatic hydroxyl groups is 1. The topological polar surface area (TPSA) is 79.6 Å². The Bertz CT molecular complexity index is 462. The molecule has 5 nitrogen and oxygen atoms in total. The maximum Gasteiger partial charge on any atom is 0.310 e. The van der Waals surface area contributed by atoms with Crippen molar-refractivity contribution < 1.29 is 19.4 Å². The molecule has 0 saturated heterocycles. The molecule has 1 aromatic rings. The Morgan fingerprint density at radius 3 is 2.76 bits per heavy atom. The summed E-state index contributed by atoms with van der Waals surface area (Å²) >= 11 is 0. The fourth-order valence-corrected chi connectivity index (χ4v) is 1.41. The van der Waals surface area contributed by atoms with Gasteiger partial charge in [0.1, 0.15) is 17.6 Å². The van der Waals surface area contributed by atoms with Crippen LogP contribution < -0.4 is 4.74 Å². The zero-order chi connectivity index (χ0) is 12.8. The van der Waals surface area contributed by atoms with Crippen LogP contribution in [-0.4, -0.2) is 24.8 Å². The normalized spacial score (nSPS) is 9.47. The van der Waals surface area contributed by atoms with Gasteiger partial charge in [-0.15, -0.1) is 0 Å². The van der Waals surface area contributed by atoms with Gasteiger partial charge in [-0.2, -0.15) is 5.26 Å². The van der Waals surface area contributed by atoms with Gasteiger partial charge in [-0.05, 0) is 18.6 Å². The lowest BCUT2D eigenvalue weighted by molar-refractivity contribution is -0.142. The SMILES string of the molecule is CCOC(=O)Cc1cc(OC)cc(O)c1C#N. The van der Waals surface area contributed by atoms with Crippen molar-refractivity contribution in [3.8, 4) is 17.6 Å². The minimum atomic E-state index is -0.448. The summed E-state index contributed by atoms with van der Waals surface area (Å²) in [5.41, 5.74) is 0.460. The number of hydrogen-bond acceptors (Lipinski definition) is 5. The van der Waals surface area contributed by atoms with Gasteiger partial charge in [0, 0.05) is 6.07 Å². The lowest BCUT2D eigenvalue weighted by Crippen LogP contribution is -2.09. The number of esters is 1. The smallest absolute Gasteiger partial charge is 0.310 e. The van der Waals surface area contributed by atoms with Gasteiger partial charge in [0.25, 0.3) is 0 Å². The van der Waals surface area contributed by atoms with E-state index in [0.717, 1.165) is 0 Å². The molecule has 0 radical (unpaired) electrons. The third kappa shape index (κ3) is 3.11. The average molecular weight is 235 g/mol. The molecule has 0 heterocycles. The van der Waals surface area contributed by atoms with Crippen molar-refractivity contribution in [2.24, 2.45) is 0 Å². The quantitative estimate of drug-likeness (QED) is 0.797. The Hall–Kier alpha value is -2.22. The lowest BCUT2D eigenvalue weighted by Gasteiger charge is -2.08. The molecule has 0 aromatic heterocycles. The summed E-state index contributed by atoms with van der Waals surface area (Å²) in [5, 5.41) is 18.5. The molecule has 17 heavy (non-hydrogen) atoms. The van der Waals surface area contributed by atoms with E-state index < -0.39 is 5.97 Å². The molecule has 1 aromatic carbocycles. The third-order valence-corrected chi connectivity index (χ3v) is 2.16. The first-order valence-electron chi connectivity index (χ1n) is 5.08. The number of methoxy groups -OCH3 is 1. The molecule has 0 spiro atoms. The molecular formula is C12H13NO4. The number of rotatable bonds is 4. The first kappa shape index (κ1) is 12.8. The summed E-state index contributed by atoms with van der Waals surface area (Å²) in [6.45, 7) is 1.98. The summed E-state index contributed by atoms with van der Waals surface area (Å²) in [5.74, 6) is -0.261. The van der Waals surface area contributed by atoms with Crippen molar-refractivity contribution in [1.82, 2.24) is 0 Å². The number of phenolic OH excluding ortho intramolecular Hbond substituents is 1. The maximum absolute atomic E-state index is 11.3. The average Bonchev–Trinajstić information content (AvgIpc) is 2.28. The molecular weight excluding hydrogens is 222 g/mol. The summed E-state index contributed by atoms with van der Waals surface area (Å²) < 4.78 is 9.74. The molecule has 90 valence electrons. The van der Waals surface area contributed by atoms with Gasteiger partial charge in [0.05, 0.1) is 25.7 Å². The predicted molar refractivity (Wildman–Crippen MR) is 59.7 cm³/mol. The second kappa shape index (κ2) is 5.75. The van der Waals surface area contributed by atoms with Crippen LogP contribution in [-0.2, 0) is 16.0 Å². The van der Waals surface area contributed by atoms with Crippen LogP contribution in [0.3, 0.4) is 0 Å². The van der Waals surface area contributed by atoms with Crippen molar-refractivity contribution in [1.29, 1.82) is 5.26 Å². The van der Waals surface area contributed by atoms with Crippen LogP contribution in [0.15, 0.2) is 12.1 Å². The Kier molecular flexibility index (Phi) is 4.35.